The van der Waals surface area contributed by atoms with E-state index in [4.69, 9.17) is 0 Å². The van der Waals surface area contributed by atoms with E-state index in [1.165, 1.54) is 12.8 Å². The van der Waals surface area contributed by atoms with Gasteiger partial charge >= 0.3 is 0 Å². The molecule has 0 aromatic heterocycles. The average molecular weight is 195 g/mol. The molecule has 1 amide bonds. The molecule has 1 saturated heterocycles. The van der Waals surface area contributed by atoms with E-state index in [9.17, 15) is 9.59 Å². The van der Waals surface area contributed by atoms with Gasteiger partial charge in [-0.1, -0.05) is 12.8 Å². The maximum atomic E-state index is 12.0. The van der Waals surface area contributed by atoms with Crippen LogP contribution in [0.25, 0.3) is 0 Å². The predicted molar refractivity (Wildman–Crippen MR) is 52.7 cm³/mol. The van der Waals surface area contributed by atoms with E-state index in [0.29, 0.717) is 18.7 Å². The van der Waals surface area contributed by atoms with E-state index in [1.807, 2.05) is 0 Å². The lowest BCUT2D eigenvalue weighted by atomic mass is 9.91. The highest BCUT2D eigenvalue weighted by Gasteiger charge is 2.36. The molecule has 1 unspecified atom stereocenters. The number of carbonyl (C=O) groups excluding carboxylic acids is 2. The first kappa shape index (κ1) is 9.69. The first-order valence-corrected chi connectivity index (χ1v) is 5.46. The van der Waals surface area contributed by atoms with Crippen molar-refractivity contribution in [1.82, 2.24) is 4.90 Å². The van der Waals surface area contributed by atoms with Crippen LogP contribution in [0.15, 0.2) is 0 Å². The van der Waals surface area contributed by atoms with Gasteiger partial charge in [0.25, 0.3) is 0 Å². The van der Waals surface area contributed by atoms with E-state index in [-0.39, 0.29) is 17.7 Å². The molecular formula is C11H17NO2. The Labute approximate surface area is 84.5 Å². The van der Waals surface area contributed by atoms with Gasteiger partial charge in [-0.2, -0.15) is 0 Å². The van der Waals surface area contributed by atoms with Crippen LogP contribution in [0.5, 0.6) is 0 Å². The SMILES string of the molecule is CN1CC(C(=O)C2CCCC2)CC1=O. The second-order valence-corrected chi connectivity index (χ2v) is 4.56. The zero-order valence-electron chi connectivity index (χ0n) is 8.66. The monoisotopic (exact) mass is 195 g/mol. The van der Waals surface area contributed by atoms with Gasteiger partial charge < -0.3 is 4.90 Å². The van der Waals surface area contributed by atoms with Crippen molar-refractivity contribution in [3.8, 4) is 0 Å². The second-order valence-electron chi connectivity index (χ2n) is 4.56. The summed E-state index contributed by atoms with van der Waals surface area (Å²) in [5.41, 5.74) is 0. The molecule has 1 aliphatic carbocycles. The molecule has 14 heavy (non-hydrogen) atoms. The van der Waals surface area contributed by atoms with Crippen LogP contribution in [0.1, 0.15) is 32.1 Å². The largest absolute Gasteiger partial charge is 0.345 e. The van der Waals surface area contributed by atoms with Crippen molar-refractivity contribution in [3.05, 3.63) is 0 Å². The van der Waals surface area contributed by atoms with Gasteiger partial charge in [-0.25, -0.2) is 0 Å². The highest BCUT2D eigenvalue weighted by Crippen LogP contribution is 2.30. The summed E-state index contributed by atoms with van der Waals surface area (Å²) in [6, 6.07) is 0. The number of likely N-dealkylation sites (tertiary alicyclic amines) is 1. The maximum absolute atomic E-state index is 12.0. The van der Waals surface area contributed by atoms with Gasteiger partial charge in [0.2, 0.25) is 5.91 Å². The molecule has 0 aromatic carbocycles. The summed E-state index contributed by atoms with van der Waals surface area (Å²) in [5.74, 6) is 0.733. The summed E-state index contributed by atoms with van der Waals surface area (Å²) in [6.45, 7) is 0.647. The van der Waals surface area contributed by atoms with Crippen LogP contribution >= 0.6 is 0 Å². The Kier molecular flexibility index (Phi) is 2.57. The highest BCUT2D eigenvalue weighted by atomic mass is 16.2. The molecule has 1 aliphatic heterocycles. The van der Waals surface area contributed by atoms with Gasteiger partial charge in [0, 0.05) is 31.8 Å². The van der Waals surface area contributed by atoms with Crippen molar-refractivity contribution >= 4 is 11.7 Å². The molecule has 0 radical (unpaired) electrons. The summed E-state index contributed by atoms with van der Waals surface area (Å²) >= 11 is 0. The van der Waals surface area contributed by atoms with Crippen molar-refractivity contribution in [2.24, 2.45) is 11.8 Å². The molecule has 0 spiro atoms. The van der Waals surface area contributed by atoms with E-state index < -0.39 is 0 Å². The lowest BCUT2D eigenvalue weighted by molar-refractivity contribution is -0.129. The summed E-state index contributed by atoms with van der Waals surface area (Å²) < 4.78 is 0. The Balaban J connectivity index is 1.95. The standard InChI is InChI=1S/C11H17NO2/c1-12-7-9(6-10(12)13)11(14)8-4-2-3-5-8/h8-9H,2-7H2,1H3. The zero-order valence-corrected chi connectivity index (χ0v) is 8.66. The number of hydrogen-bond donors (Lipinski definition) is 0. The average Bonchev–Trinajstić information content (AvgIpc) is 2.76. The number of carbonyl (C=O) groups is 2. The van der Waals surface area contributed by atoms with Crippen LogP contribution < -0.4 is 0 Å². The molecule has 2 aliphatic rings. The molecule has 1 saturated carbocycles. The predicted octanol–water partition coefficient (Wildman–Crippen LogP) is 1.22. The summed E-state index contributed by atoms with van der Waals surface area (Å²) in [7, 11) is 1.78. The topological polar surface area (TPSA) is 37.4 Å². The molecule has 0 aromatic rings. The van der Waals surface area contributed by atoms with Crippen molar-refractivity contribution in [1.29, 1.82) is 0 Å². The number of nitrogens with zero attached hydrogens (tertiary/aromatic N) is 1. The van der Waals surface area contributed by atoms with Gasteiger partial charge in [-0.05, 0) is 12.8 Å². The van der Waals surface area contributed by atoms with Gasteiger partial charge in [0.15, 0.2) is 0 Å². The van der Waals surface area contributed by atoms with Crippen LogP contribution in [0.3, 0.4) is 0 Å². The number of Topliss-reactive ketones (excluding diaryl/α,β-unsaturated/α-hetero) is 1. The first-order valence-electron chi connectivity index (χ1n) is 5.46. The molecule has 0 bridgehead atoms. The summed E-state index contributed by atoms with van der Waals surface area (Å²) in [6.07, 6.45) is 4.92. The van der Waals surface area contributed by atoms with Crippen molar-refractivity contribution in [2.45, 2.75) is 32.1 Å². The highest BCUT2D eigenvalue weighted by molar-refractivity contribution is 5.91. The van der Waals surface area contributed by atoms with Gasteiger partial charge in [-0.3, -0.25) is 9.59 Å². The number of rotatable bonds is 2. The molecule has 2 rings (SSSR count). The van der Waals surface area contributed by atoms with Crippen molar-refractivity contribution < 1.29 is 9.59 Å². The molecule has 0 N–H and O–H groups in total. The first-order chi connectivity index (χ1) is 6.68. The Bertz CT molecular complexity index is 256. The third-order valence-electron chi connectivity index (χ3n) is 3.50. The van der Waals surface area contributed by atoms with Crippen LogP contribution in [-0.2, 0) is 9.59 Å². The van der Waals surface area contributed by atoms with Crippen LogP contribution in [0.2, 0.25) is 0 Å². The van der Waals surface area contributed by atoms with Gasteiger partial charge in [-0.15, -0.1) is 0 Å². The molecule has 78 valence electrons. The normalized spacial score (nSPS) is 28.8. The summed E-state index contributed by atoms with van der Waals surface area (Å²) in [5, 5.41) is 0. The Hall–Kier alpha value is -0.860. The molecule has 1 heterocycles. The molecule has 3 heteroatoms. The number of ketones is 1. The van der Waals surface area contributed by atoms with E-state index in [0.717, 1.165) is 12.8 Å². The van der Waals surface area contributed by atoms with Gasteiger partial charge in [0.05, 0.1) is 0 Å². The maximum Gasteiger partial charge on any atom is 0.223 e. The van der Waals surface area contributed by atoms with Crippen LogP contribution in [0, 0.1) is 11.8 Å². The molecule has 1 atom stereocenters. The van der Waals surface area contributed by atoms with Gasteiger partial charge in [0.1, 0.15) is 5.78 Å². The lowest BCUT2D eigenvalue weighted by Gasteiger charge is -2.13. The fraction of sp³-hybridized carbons (Fsp3) is 0.818. The van der Waals surface area contributed by atoms with Crippen molar-refractivity contribution in [3.63, 3.8) is 0 Å². The summed E-state index contributed by atoms with van der Waals surface area (Å²) in [4.78, 5) is 24.9. The minimum absolute atomic E-state index is 0.00407. The third-order valence-corrected chi connectivity index (χ3v) is 3.50. The quantitative estimate of drug-likeness (QED) is 0.664. The smallest absolute Gasteiger partial charge is 0.223 e. The fourth-order valence-electron chi connectivity index (χ4n) is 2.60. The Morgan fingerprint density at radius 1 is 1.29 bits per heavy atom. The van der Waals surface area contributed by atoms with Crippen LogP contribution in [-0.4, -0.2) is 30.2 Å². The zero-order chi connectivity index (χ0) is 10.1. The fourth-order valence-corrected chi connectivity index (χ4v) is 2.60. The van der Waals surface area contributed by atoms with Crippen molar-refractivity contribution in [2.75, 3.05) is 13.6 Å². The number of amides is 1. The lowest BCUT2D eigenvalue weighted by Crippen LogP contribution is -2.24. The minimum Gasteiger partial charge on any atom is -0.345 e. The Morgan fingerprint density at radius 2 is 1.93 bits per heavy atom. The Morgan fingerprint density at radius 3 is 2.43 bits per heavy atom. The van der Waals surface area contributed by atoms with E-state index in [1.54, 1.807) is 11.9 Å². The van der Waals surface area contributed by atoms with E-state index in [2.05, 4.69) is 0 Å². The third kappa shape index (κ3) is 1.68. The molecule has 2 fully saturated rings. The molecular weight excluding hydrogens is 178 g/mol. The van der Waals surface area contributed by atoms with E-state index >= 15 is 0 Å². The second kappa shape index (κ2) is 3.71. The number of hydrogen-bond acceptors (Lipinski definition) is 2. The minimum atomic E-state index is -0.00407. The van der Waals surface area contributed by atoms with Crippen LogP contribution in [0.4, 0.5) is 0 Å². The molecule has 3 nitrogen and oxygen atoms in total.